The van der Waals surface area contributed by atoms with Crippen LogP contribution in [0.2, 0.25) is 0 Å². The summed E-state index contributed by atoms with van der Waals surface area (Å²) >= 11 is 0. The van der Waals surface area contributed by atoms with Crippen LogP contribution in [0.15, 0.2) is 60.7 Å². The lowest BCUT2D eigenvalue weighted by molar-refractivity contribution is 0.101. The van der Waals surface area contributed by atoms with E-state index in [0.29, 0.717) is 6.54 Å². The van der Waals surface area contributed by atoms with Gasteiger partial charge in [-0.25, -0.2) is 0 Å². The molecule has 21 heavy (non-hydrogen) atoms. The largest absolute Gasteiger partial charge is 0.394 e. The van der Waals surface area contributed by atoms with E-state index >= 15 is 0 Å². The van der Waals surface area contributed by atoms with E-state index in [0.717, 1.165) is 5.56 Å². The molecule has 0 aromatic heterocycles. The number of nitrogens with zero attached hydrogens (tertiary/aromatic N) is 1. The molecule has 0 bridgehead atoms. The highest BCUT2D eigenvalue weighted by molar-refractivity contribution is 5.22. The van der Waals surface area contributed by atoms with E-state index in [9.17, 15) is 5.11 Å². The van der Waals surface area contributed by atoms with Gasteiger partial charge in [0.25, 0.3) is 0 Å². The van der Waals surface area contributed by atoms with E-state index < -0.39 is 0 Å². The Hall–Kier alpha value is -2.08. The van der Waals surface area contributed by atoms with Gasteiger partial charge in [0.2, 0.25) is 0 Å². The van der Waals surface area contributed by atoms with Crippen LogP contribution in [0.3, 0.4) is 0 Å². The van der Waals surface area contributed by atoms with Gasteiger partial charge in [0.15, 0.2) is 0 Å². The molecule has 2 atom stereocenters. The summed E-state index contributed by atoms with van der Waals surface area (Å²) in [6.45, 7) is 2.75. The lowest BCUT2D eigenvalue weighted by Gasteiger charge is -2.33. The van der Waals surface area contributed by atoms with E-state index in [1.54, 1.807) is 0 Å². The van der Waals surface area contributed by atoms with Crippen LogP contribution in [-0.4, -0.2) is 22.7 Å². The third-order valence-corrected chi connectivity index (χ3v) is 3.70. The summed E-state index contributed by atoms with van der Waals surface area (Å²) < 4.78 is 0. The van der Waals surface area contributed by atoms with E-state index in [2.05, 4.69) is 23.0 Å². The van der Waals surface area contributed by atoms with Gasteiger partial charge in [-0.2, -0.15) is 0 Å². The van der Waals surface area contributed by atoms with Crippen molar-refractivity contribution in [3.63, 3.8) is 0 Å². The zero-order chi connectivity index (χ0) is 15.1. The first kappa shape index (κ1) is 15.3. The molecule has 0 saturated carbocycles. The molecule has 1 N–H and O–H groups in total. The average Bonchev–Trinajstić information content (AvgIpc) is 2.56. The summed E-state index contributed by atoms with van der Waals surface area (Å²) in [5.74, 6) is 2.78. The van der Waals surface area contributed by atoms with E-state index in [4.69, 9.17) is 6.42 Å². The topological polar surface area (TPSA) is 23.5 Å². The minimum atomic E-state index is -0.0996. The molecule has 0 heterocycles. The first-order chi connectivity index (χ1) is 10.3. The van der Waals surface area contributed by atoms with Gasteiger partial charge in [-0.1, -0.05) is 66.6 Å². The quantitative estimate of drug-likeness (QED) is 0.821. The average molecular weight is 279 g/mol. The monoisotopic (exact) mass is 279 g/mol. The number of aliphatic hydroxyl groups is 1. The second-order valence-corrected chi connectivity index (χ2v) is 5.11. The Morgan fingerprint density at radius 1 is 1.05 bits per heavy atom. The molecule has 2 rings (SSSR count). The number of rotatable bonds is 6. The molecule has 0 saturated heterocycles. The second kappa shape index (κ2) is 7.64. The number of aliphatic hydroxyl groups excluding tert-OH is 1. The molecule has 0 spiro atoms. The lowest BCUT2D eigenvalue weighted by atomic mass is 10.0. The van der Waals surface area contributed by atoms with Gasteiger partial charge in [0.05, 0.1) is 18.7 Å². The van der Waals surface area contributed by atoms with Crippen molar-refractivity contribution in [2.45, 2.75) is 25.6 Å². The zero-order valence-corrected chi connectivity index (χ0v) is 12.3. The normalized spacial score (nSPS) is 13.6. The van der Waals surface area contributed by atoms with Gasteiger partial charge in [0.1, 0.15) is 0 Å². The van der Waals surface area contributed by atoms with Crippen LogP contribution in [0.1, 0.15) is 24.1 Å². The Bertz CT molecular complexity index is 574. The number of hydrogen-bond donors (Lipinski definition) is 1. The van der Waals surface area contributed by atoms with Crippen molar-refractivity contribution in [2.75, 3.05) is 6.61 Å². The van der Waals surface area contributed by atoms with Crippen LogP contribution in [0.5, 0.6) is 0 Å². The number of benzene rings is 2. The fourth-order valence-electron chi connectivity index (χ4n) is 2.48. The molecule has 0 aliphatic rings. The highest BCUT2D eigenvalue weighted by Gasteiger charge is 2.23. The summed E-state index contributed by atoms with van der Waals surface area (Å²) in [6, 6.07) is 20.0. The van der Waals surface area contributed by atoms with Crippen LogP contribution < -0.4 is 0 Å². The summed E-state index contributed by atoms with van der Waals surface area (Å²) in [6.07, 6.45) is 5.62. The van der Waals surface area contributed by atoms with Crippen molar-refractivity contribution in [1.29, 1.82) is 0 Å². The number of hydrogen-bond acceptors (Lipinski definition) is 2. The van der Waals surface area contributed by atoms with Gasteiger partial charge in [0, 0.05) is 6.54 Å². The standard InChI is InChI=1S/C19H21NO/c1-3-16(2)20(14-17-10-6-4-7-11-17)19(15-21)18-12-8-5-9-13-18/h1,4-13,16,19,21H,14-15H2,2H3/t16-,19+/m1/s1. The van der Waals surface area contributed by atoms with Crippen LogP contribution in [0.4, 0.5) is 0 Å². The molecular weight excluding hydrogens is 258 g/mol. The number of terminal acetylenes is 1. The summed E-state index contributed by atoms with van der Waals surface area (Å²) in [7, 11) is 0. The van der Waals surface area contributed by atoms with Gasteiger partial charge in [-0.3, -0.25) is 4.90 Å². The molecule has 0 fully saturated rings. The Morgan fingerprint density at radius 2 is 1.62 bits per heavy atom. The van der Waals surface area contributed by atoms with Crippen molar-refractivity contribution in [3.05, 3.63) is 71.8 Å². The third kappa shape index (κ3) is 3.95. The van der Waals surface area contributed by atoms with Crippen molar-refractivity contribution in [3.8, 4) is 12.3 Å². The van der Waals surface area contributed by atoms with E-state index in [1.165, 1.54) is 5.56 Å². The van der Waals surface area contributed by atoms with E-state index in [1.807, 2.05) is 55.5 Å². The Balaban J connectivity index is 2.28. The molecule has 2 nitrogen and oxygen atoms in total. The Kier molecular flexibility index (Phi) is 5.57. The molecular formula is C19H21NO. The third-order valence-electron chi connectivity index (χ3n) is 3.70. The summed E-state index contributed by atoms with van der Waals surface area (Å²) in [4.78, 5) is 2.16. The molecule has 0 aliphatic heterocycles. The van der Waals surface area contributed by atoms with Gasteiger partial charge >= 0.3 is 0 Å². The van der Waals surface area contributed by atoms with Crippen LogP contribution in [0, 0.1) is 12.3 Å². The first-order valence-corrected chi connectivity index (χ1v) is 7.18. The molecule has 108 valence electrons. The second-order valence-electron chi connectivity index (χ2n) is 5.11. The maximum atomic E-state index is 9.86. The molecule has 0 amide bonds. The van der Waals surface area contributed by atoms with E-state index in [-0.39, 0.29) is 18.7 Å². The Morgan fingerprint density at radius 3 is 2.14 bits per heavy atom. The Labute approximate surface area is 127 Å². The van der Waals surface area contributed by atoms with Gasteiger partial charge in [-0.05, 0) is 18.1 Å². The van der Waals surface area contributed by atoms with Crippen molar-refractivity contribution >= 4 is 0 Å². The van der Waals surface area contributed by atoms with Crippen LogP contribution in [0.25, 0.3) is 0 Å². The SMILES string of the molecule is C#C[C@@H](C)N(Cc1ccccc1)[C@@H](CO)c1ccccc1. The molecule has 0 radical (unpaired) electrons. The molecule has 2 aromatic carbocycles. The van der Waals surface area contributed by atoms with Gasteiger partial charge in [-0.15, -0.1) is 6.42 Å². The van der Waals surface area contributed by atoms with Crippen LogP contribution in [-0.2, 0) is 6.54 Å². The summed E-state index contributed by atoms with van der Waals surface area (Å²) in [5.41, 5.74) is 2.27. The molecule has 2 heteroatoms. The first-order valence-electron chi connectivity index (χ1n) is 7.18. The van der Waals surface area contributed by atoms with Crippen molar-refractivity contribution < 1.29 is 5.11 Å². The minimum Gasteiger partial charge on any atom is -0.394 e. The predicted molar refractivity (Wildman–Crippen MR) is 86.5 cm³/mol. The molecule has 0 aliphatic carbocycles. The lowest BCUT2D eigenvalue weighted by Crippen LogP contribution is -2.37. The highest BCUT2D eigenvalue weighted by Crippen LogP contribution is 2.24. The van der Waals surface area contributed by atoms with Crippen molar-refractivity contribution in [1.82, 2.24) is 4.90 Å². The summed E-state index contributed by atoms with van der Waals surface area (Å²) in [5, 5.41) is 9.86. The van der Waals surface area contributed by atoms with Crippen LogP contribution >= 0.6 is 0 Å². The van der Waals surface area contributed by atoms with Crippen molar-refractivity contribution in [2.24, 2.45) is 0 Å². The maximum Gasteiger partial charge on any atom is 0.0692 e. The molecule has 0 unspecified atom stereocenters. The molecule has 2 aromatic rings. The highest BCUT2D eigenvalue weighted by atomic mass is 16.3. The van der Waals surface area contributed by atoms with Gasteiger partial charge < -0.3 is 5.11 Å². The minimum absolute atomic E-state index is 0.0445. The smallest absolute Gasteiger partial charge is 0.0692 e. The fraction of sp³-hybridized carbons (Fsp3) is 0.263. The zero-order valence-electron chi connectivity index (χ0n) is 12.3. The predicted octanol–water partition coefficient (Wildman–Crippen LogP) is 3.24. The fourth-order valence-corrected chi connectivity index (χ4v) is 2.48. The maximum absolute atomic E-state index is 9.86.